The maximum atomic E-state index is 12.9. The van der Waals surface area contributed by atoms with Gasteiger partial charge in [0.25, 0.3) is 0 Å². The smallest absolute Gasteiger partial charge is 0.305 e. The molecule has 0 radical (unpaired) electrons. The summed E-state index contributed by atoms with van der Waals surface area (Å²) >= 11 is 0. The first kappa shape index (κ1) is 24.2. The second-order valence-corrected chi connectivity index (χ2v) is 8.16. The van der Waals surface area contributed by atoms with Gasteiger partial charge in [0, 0.05) is 42.0 Å². The highest BCUT2D eigenvalue weighted by atomic mass is 16.5. The molecule has 1 heterocycles. The molecule has 1 aromatic carbocycles. The molecule has 0 unspecified atom stereocenters. The third-order valence-electron chi connectivity index (χ3n) is 5.68. The van der Waals surface area contributed by atoms with Crippen molar-refractivity contribution in [2.24, 2.45) is 0 Å². The van der Waals surface area contributed by atoms with Crippen LogP contribution in [0, 0.1) is 0 Å². The zero-order valence-electron chi connectivity index (χ0n) is 19.0. The van der Waals surface area contributed by atoms with Crippen molar-refractivity contribution in [3.05, 3.63) is 36.0 Å². The molecule has 0 aliphatic rings. The van der Waals surface area contributed by atoms with Gasteiger partial charge in [-0.15, -0.1) is 0 Å². The Bertz CT molecular complexity index is 778. The molecule has 0 saturated carbocycles. The predicted molar refractivity (Wildman–Crippen MR) is 124 cm³/mol. The van der Waals surface area contributed by atoms with Crippen LogP contribution in [0.15, 0.2) is 30.5 Å². The molecule has 0 N–H and O–H groups in total. The normalized spacial score (nSPS) is 11.1. The fourth-order valence-electron chi connectivity index (χ4n) is 4.01. The monoisotopic (exact) mass is 413 g/mol. The molecule has 4 nitrogen and oxygen atoms in total. The summed E-state index contributed by atoms with van der Waals surface area (Å²) in [6, 6.07) is 8.06. The van der Waals surface area contributed by atoms with Gasteiger partial charge in [-0.2, -0.15) is 0 Å². The minimum absolute atomic E-state index is 0.157. The summed E-state index contributed by atoms with van der Waals surface area (Å²) in [4.78, 5) is 24.4. The lowest BCUT2D eigenvalue weighted by Gasteiger charge is -2.05. The molecule has 0 saturated heterocycles. The molecule has 0 fully saturated rings. The van der Waals surface area contributed by atoms with Crippen LogP contribution in [0.2, 0.25) is 0 Å². The number of aryl methyl sites for hydroxylation is 1. The van der Waals surface area contributed by atoms with Crippen molar-refractivity contribution in [1.29, 1.82) is 0 Å². The van der Waals surface area contributed by atoms with Crippen LogP contribution in [-0.4, -0.2) is 22.9 Å². The van der Waals surface area contributed by atoms with Crippen LogP contribution in [0.25, 0.3) is 10.9 Å². The van der Waals surface area contributed by atoms with Gasteiger partial charge < -0.3 is 9.30 Å². The summed E-state index contributed by atoms with van der Waals surface area (Å²) in [6.07, 6.45) is 15.0. The Hall–Kier alpha value is -2.10. The summed E-state index contributed by atoms with van der Waals surface area (Å²) in [5, 5.41) is 1.02. The number of esters is 1. The van der Waals surface area contributed by atoms with Crippen molar-refractivity contribution in [3.63, 3.8) is 0 Å². The van der Waals surface area contributed by atoms with E-state index in [9.17, 15) is 9.59 Å². The average Bonchev–Trinajstić information content (AvgIpc) is 3.11. The molecule has 4 heteroatoms. The Morgan fingerprint density at radius 1 is 0.833 bits per heavy atom. The molecule has 2 rings (SSSR count). The van der Waals surface area contributed by atoms with E-state index in [2.05, 4.69) is 17.6 Å². The summed E-state index contributed by atoms with van der Waals surface area (Å²) < 4.78 is 7.11. The first-order valence-electron chi connectivity index (χ1n) is 11.9. The molecule has 2 aromatic rings. The van der Waals surface area contributed by atoms with E-state index in [0.29, 0.717) is 32.4 Å². The maximum absolute atomic E-state index is 12.9. The summed E-state index contributed by atoms with van der Waals surface area (Å²) in [6.45, 7) is 5.20. The number of ether oxygens (including phenoxy) is 1. The molecular formula is C26H39NO3. The number of carbonyl (C=O) groups is 2. The van der Waals surface area contributed by atoms with Crippen LogP contribution in [-0.2, 0) is 16.1 Å². The van der Waals surface area contributed by atoms with E-state index in [1.54, 1.807) is 0 Å². The largest absolute Gasteiger partial charge is 0.466 e. The van der Waals surface area contributed by atoms with E-state index in [1.807, 2.05) is 31.3 Å². The molecule has 0 aliphatic carbocycles. The van der Waals surface area contributed by atoms with E-state index in [-0.39, 0.29) is 11.8 Å². The van der Waals surface area contributed by atoms with Crippen molar-refractivity contribution in [2.45, 2.75) is 97.4 Å². The van der Waals surface area contributed by atoms with E-state index < -0.39 is 0 Å². The van der Waals surface area contributed by atoms with E-state index >= 15 is 0 Å². The van der Waals surface area contributed by atoms with Crippen molar-refractivity contribution in [3.8, 4) is 0 Å². The number of rotatable bonds is 16. The summed E-state index contributed by atoms with van der Waals surface area (Å²) in [5.74, 6) is 0.0777. The molecule has 0 aliphatic heterocycles. The minimum Gasteiger partial charge on any atom is -0.466 e. The number of ketones is 1. The van der Waals surface area contributed by atoms with Crippen molar-refractivity contribution >= 4 is 22.7 Å². The van der Waals surface area contributed by atoms with Crippen molar-refractivity contribution < 1.29 is 14.3 Å². The molecule has 0 atom stereocenters. The average molecular weight is 414 g/mol. The quantitative estimate of drug-likeness (QED) is 0.168. The highest BCUT2D eigenvalue weighted by Crippen LogP contribution is 2.24. The summed E-state index contributed by atoms with van der Waals surface area (Å²) in [7, 11) is 0. The molecule has 166 valence electrons. The van der Waals surface area contributed by atoms with Gasteiger partial charge in [-0.25, -0.2) is 0 Å². The Kier molecular flexibility index (Phi) is 11.3. The lowest BCUT2D eigenvalue weighted by Crippen LogP contribution is -2.06. The van der Waals surface area contributed by atoms with Crippen molar-refractivity contribution in [2.75, 3.05) is 6.61 Å². The van der Waals surface area contributed by atoms with Gasteiger partial charge in [-0.1, -0.05) is 76.5 Å². The van der Waals surface area contributed by atoms with Gasteiger partial charge in [0.1, 0.15) is 0 Å². The van der Waals surface area contributed by atoms with E-state index in [0.717, 1.165) is 29.3 Å². The van der Waals surface area contributed by atoms with Gasteiger partial charge in [-0.05, 0) is 25.8 Å². The lowest BCUT2D eigenvalue weighted by atomic mass is 10.0. The fourth-order valence-corrected chi connectivity index (χ4v) is 4.01. The van der Waals surface area contributed by atoms with Gasteiger partial charge in [-0.3, -0.25) is 9.59 Å². The fraction of sp³-hybridized carbons (Fsp3) is 0.615. The third-order valence-corrected chi connectivity index (χ3v) is 5.68. The molecular weight excluding hydrogens is 374 g/mol. The number of hydrogen-bond acceptors (Lipinski definition) is 3. The zero-order valence-corrected chi connectivity index (χ0v) is 19.0. The number of Topliss-reactive ketones (excluding diaryl/α,β-unsaturated/α-hetero) is 1. The van der Waals surface area contributed by atoms with Gasteiger partial charge in [0.2, 0.25) is 0 Å². The minimum atomic E-state index is -0.157. The maximum Gasteiger partial charge on any atom is 0.305 e. The number of para-hydroxylation sites is 1. The number of carbonyl (C=O) groups excluding carboxylic acids is 2. The van der Waals surface area contributed by atoms with Crippen LogP contribution >= 0.6 is 0 Å². The number of nitrogens with zero attached hydrogens (tertiary/aromatic N) is 1. The van der Waals surface area contributed by atoms with E-state index in [1.165, 1.54) is 44.9 Å². The lowest BCUT2D eigenvalue weighted by molar-refractivity contribution is -0.143. The molecule has 0 spiro atoms. The Morgan fingerprint density at radius 3 is 2.20 bits per heavy atom. The zero-order chi connectivity index (χ0) is 21.6. The number of unbranched alkanes of at least 4 members (excludes halogenated alkanes) is 8. The Morgan fingerprint density at radius 2 is 1.50 bits per heavy atom. The molecule has 1 aromatic heterocycles. The second-order valence-electron chi connectivity index (χ2n) is 8.16. The standard InChI is InChI=1S/C26H39NO3/c1-3-5-6-7-8-9-10-11-12-18-25(28)23-21-27(20-15-19-26(29)30-4-2)24-17-14-13-16-22(23)24/h13-14,16-17,21H,3-12,15,18-20H2,1-2H3. The highest BCUT2D eigenvalue weighted by Gasteiger charge is 2.15. The Balaban J connectivity index is 1.81. The SMILES string of the molecule is CCCCCCCCCCCC(=O)c1cn(CCCC(=O)OCC)c2ccccc12. The second kappa shape index (κ2) is 14.0. The van der Waals surface area contributed by atoms with Crippen molar-refractivity contribution in [1.82, 2.24) is 4.57 Å². The van der Waals surface area contributed by atoms with Gasteiger partial charge in [0.05, 0.1) is 6.61 Å². The van der Waals surface area contributed by atoms with Crippen LogP contribution in [0.4, 0.5) is 0 Å². The third kappa shape index (κ3) is 7.97. The van der Waals surface area contributed by atoms with Gasteiger partial charge >= 0.3 is 5.97 Å². The number of benzene rings is 1. The van der Waals surface area contributed by atoms with Crippen LogP contribution in [0.3, 0.4) is 0 Å². The molecule has 0 bridgehead atoms. The first-order chi connectivity index (χ1) is 14.7. The number of hydrogen-bond donors (Lipinski definition) is 0. The topological polar surface area (TPSA) is 48.3 Å². The van der Waals surface area contributed by atoms with Gasteiger partial charge in [0.15, 0.2) is 5.78 Å². The van der Waals surface area contributed by atoms with E-state index in [4.69, 9.17) is 4.74 Å². The molecule has 0 amide bonds. The van der Waals surface area contributed by atoms with Crippen LogP contribution in [0.1, 0.15) is 101 Å². The number of aromatic nitrogens is 1. The van der Waals surface area contributed by atoms with Crippen LogP contribution < -0.4 is 0 Å². The Labute approximate surface area is 182 Å². The number of fused-ring (bicyclic) bond motifs is 1. The molecule has 30 heavy (non-hydrogen) atoms. The summed E-state index contributed by atoms with van der Waals surface area (Å²) in [5.41, 5.74) is 1.89. The highest BCUT2D eigenvalue weighted by molar-refractivity contribution is 6.08. The predicted octanol–water partition coefficient (Wildman–Crippen LogP) is 7.09. The first-order valence-corrected chi connectivity index (χ1v) is 11.9. The van der Waals surface area contributed by atoms with Crippen LogP contribution in [0.5, 0.6) is 0 Å².